The van der Waals surface area contributed by atoms with Gasteiger partial charge in [-0.3, -0.25) is 0 Å². The van der Waals surface area contributed by atoms with Crippen molar-refractivity contribution >= 4 is 27.8 Å². The van der Waals surface area contributed by atoms with Gasteiger partial charge in [0.2, 0.25) is 0 Å². The molecule has 1 nitrogen and oxygen atoms in total. The van der Waals surface area contributed by atoms with Crippen LogP contribution in [-0.4, -0.2) is 0 Å². The van der Waals surface area contributed by atoms with Crippen LogP contribution in [0.3, 0.4) is 0 Å². The van der Waals surface area contributed by atoms with E-state index in [4.69, 9.17) is 0 Å². The van der Waals surface area contributed by atoms with Gasteiger partial charge in [-0.25, -0.2) is 0 Å². The Hall–Kier alpha value is -6.70. The molecule has 1 atom stereocenters. The Balaban J connectivity index is 1.17. The molecule has 278 valence electrons. The third kappa shape index (κ3) is 5.09. The van der Waals surface area contributed by atoms with Crippen molar-refractivity contribution < 1.29 is 0 Å². The maximum atomic E-state index is 2.52. The Labute approximate surface area is 342 Å². The highest BCUT2D eigenvalue weighted by Crippen LogP contribution is 2.57. The molecule has 8 aromatic rings. The molecule has 3 aliphatic carbocycles. The predicted octanol–water partition coefficient (Wildman–Crippen LogP) is 15.5. The van der Waals surface area contributed by atoms with E-state index < -0.39 is 0 Å². The standard InChI is InChI=1S/C57H45N/c1-56(2)50-30-12-10-27-49(50)55-48(29-17-32-52(55)56)47-26-11-14-33-54(47)58(41-23-15-20-39(36-41)44-28-16-19-38-18-7-8-24-43(38)44)42-34-35-46-45-25-9-13-31-51(45)57(3,53(46)37-42)40-21-5-4-6-22-40/h5,7-37H,4,6H2,1-3H3. The van der Waals surface area contributed by atoms with Crippen molar-refractivity contribution in [2.45, 2.75) is 44.4 Å². The number of anilines is 3. The fourth-order valence-electron chi connectivity index (χ4n) is 10.5. The molecule has 0 amide bonds. The number of allylic oxidation sites excluding steroid dienone is 4. The van der Waals surface area contributed by atoms with Crippen molar-refractivity contribution in [1.29, 1.82) is 0 Å². The maximum Gasteiger partial charge on any atom is 0.0540 e. The molecule has 0 aliphatic heterocycles. The molecule has 3 aliphatic rings. The predicted molar refractivity (Wildman–Crippen MR) is 245 cm³/mol. The van der Waals surface area contributed by atoms with E-state index in [1.54, 1.807) is 0 Å². The molecule has 0 heterocycles. The molecule has 8 aromatic carbocycles. The molecule has 0 saturated carbocycles. The van der Waals surface area contributed by atoms with Crippen LogP contribution in [0.4, 0.5) is 17.1 Å². The van der Waals surface area contributed by atoms with Crippen LogP contribution in [0.15, 0.2) is 200 Å². The molecule has 0 fully saturated rings. The van der Waals surface area contributed by atoms with Crippen LogP contribution in [0.5, 0.6) is 0 Å². The quantitative estimate of drug-likeness (QED) is 0.164. The first kappa shape index (κ1) is 34.5. The third-order valence-electron chi connectivity index (χ3n) is 13.4. The largest absolute Gasteiger partial charge is 0.310 e. The second kappa shape index (κ2) is 13.2. The van der Waals surface area contributed by atoms with Crippen LogP contribution < -0.4 is 4.90 Å². The van der Waals surface area contributed by atoms with E-state index in [1.165, 1.54) is 83.1 Å². The van der Waals surface area contributed by atoms with Gasteiger partial charge in [0.05, 0.1) is 5.69 Å². The minimum atomic E-state index is -0.273. The van der Waals surface area contributed by atoms with E-state index in [1.807, 2.05) is 0 Å². The van der Waals surface area contributed by atoms with Gasteiger partial charge in [-0.2, -0.15) is 0 Å². The average Bonchev–Trinajstić information content (AvgIpc) is 3.68. The van der Waals surface area contributed by atoms with Crippen molar-refractivity contribution in [3.63, 3.8) is 0 Å². The Morgan fingerprint density at radius 2 is 1.09 bits per heavy atom. The first-order valence-electron chi connectivity index (χ1n) is 20.8. The van der Waals surface area contributed by atoms with Crippen molar-refractivity contribution in [2.24, 2.45) is 0 Å². The van der Waals surface area contributed by atoms with Crippen molar-refractivity contribution in [3.8, 4) is 44.5 Å². The molecule has 0 radical (unpaired) electrons. The number of hydrogen-bond donors (Lipinski definition) is 0. The summed E-state index contributed by atoms with van der Waals surface area (Å²) >= 11 is 0. The molecule has 0 bridgehead atoms. The lowest BCUT2D eigenvalue weighted by Gasteiger charge is -2.33. The van der Waals surface area contributed by atoms with E-state index in [9.17, 15) is 0 Å². The van der Waals surface area contributed by atoms with Gasteiger partial charge in [-0.1, -0.05) is 178 Å². The average molecular weight is 744 g/mol. The fraction of sp³-hybridized carbons (Fsp3) is 0.123. The minimum absolute atomic E-state index is 0.0922. The zero-order valence-corrected chi connectivity index (χ0v) is 33.3. The number of para-hydroxylation sites is 1. The highest BCUT2D eigenvalue weighted by molar-refractivity contribution is 6.00. The molecule has 0 N–H and O–H groups in total. The molecule has 58 heavy (non-hydrogen) atoms. The first-order valence-corrected chi connectivity index (χ1v) is 20.8. The van der Waals surface area contributed by atoms with Crippen LogP contribution in [0.25, 0.3) is 55.3 Å². The third-order valence-corrected chi connectivity index (χ3v) is 13.4. The van der Waals surface area contributed by atoms with E-state index in [-0.39, 0.29) is 10.8 Å². The summed E-state index contributed by atoms with van der Waals surface area (Å²) in [6, 6.07) is 65.8. The minimum Gasteiger partial charge on any atom is -0.310 e. The van der Waals surface area contributed by atoms with Crippen LogP contribution in [0.2, 0.25) is 0 Å². The van der Waals surface area contributed by atoms with Gasteiger partial charge in [0.15, 0.2) is 0 Å². The summed E-state index contributed by atoms with van der Waals surface area (Å²) in [5, 5.41) is 2.51. The normalized spacial score (nSPS) is 17.0. The number of nitrogens with zero attached hydrogens (tertiary/aromatic N) is 1. The lowest BCUT2D eigenvalue weighted by molar-refractivity contribution is 0.660. The Bertz CT molecular complexity index is 3010. The summed E-state index contributed by atoms with van der Waals surface area (Å²) in [7, 11) is 0. The Morgan fingerprint density at radius 3 is 1.95 bits per heavy atom. The number of hydrogen-bond acceptors (Lipinski definition) is 1. The first-order chi connectivity index (χ1) is 28.4. The molecular weight excluding hydrogens is 699 g/mol. The van der Waals surface area contributed by atoms with E-state index in [2.05, 4.69) is 220 Å². The van der Waals surface area contributed by atoms with Gasteiger partial charge in [-0.15, -0.1) is 0 Å². The van der Waals surface area contributed by atoms with Crippen molar-refractivity contribution in [3.05, 3.63) is 222 Å². The topological polar surface area (TPSA) is 3.24 Å². The number of fused-ring (bicyclic) bond motifs is 7. The van der Waals surface area contributed by atoms with Crippen molar-refractivity contribution in [1.82, 2.24) is 0 Å². The van der Waals surface area contributed by atoms with Gasteiger partial charge in [-0.05, 0) is 128 Å². The SMILES string of the molecule is CC1(C)c2ccccc2-c2c(-c3ccccc3N(c3cccc(-c4cccc5ccccc45)c3)c3ccc4c(c3)C(C)(C3=CCCC=C3)c3ccccc3-4)cccc21. The number of rotatable bonds is 6. The lowest BCUT2D eigenvalue weighted by Crippen LogP contribution is -2.24. The Kier molecular flexibility index (Phi) is 7.85. The highest BCUT2D eigenvalue weighted by Gasteiger charge is 2.42. The summed E-state index contributed by atoms with van der Waals surface area (Å²) in [6.07, 6.45) is 9.35. The molecule has 1 heteroatoms. The lowest BCUT2D eigenvalue weighted by atomic mass is 9.72. The number of benzene rings is 8. The smallest absolute Gasteiger partial charge is 0.0540 e. The van der Waals surface area contributed by atoms with Gasteiger partial charge >= 0.3 is 0 Å². The molecule has 1 unspecified atom stereocenters. The monoisotopic (exact) mass is 743 g/mol. The van der Waals surface area contributed by atoms with Gasteiger partial charge in [0, 0.05) is 27.8 Å². The van der Waals surface area contributed by atoms with E-state index in [0.29, 0.717) is 0 Å². The maximum absolute atomic E-state index is 2.52. The zero-order valence-electron chi connectivity index (χ0n) is 33.3. The van der Waals surface area contributed by atoms with Crippen LogP contribution in [-0.2, 0) is 10.8 Å². The summed E-state index contributed by atoms with van der Waals surface area (Å²) in [5.41, 5.74) is 20.2. The van der Waals surface area contributed by atoms with E-state index >= 15 is 0 Å². The second-order valence-corrected chi connectivity index (χ2v) is 16.9. The van der Waals surface area contributed by atoms with Gasteiger partial charge < -0.3 is 4.90 Å². The zero-order chi connectivity index (χ0) is 39.0. The second-order valence-electron chi connectivity index (χ2n) is 16.9. The molecule has 0 aromatic heterocycles. The van der Waals surface area contributed by atoms with Gasteiger partial charge in [0.1, 0.15) is 0 Å². The van der Waals surface area contributed by atoms with Crippen LogP contribution >= 0.6 is 0 Å². The highest BCUT2D eigenvalue weighted by atomic mass is 15.1. The molecule has 0 saturated heterocycles. The summed E-state index contributed by atoms with van der Waals surface area (Å²) in [4.78, 5) is 2.52. The van der Waals surface area contributed by atoms with Crippen molar-refractivity contribution in [2.75, 3.05) is 4.90 Å². The van der Waals surface area contributed by atoms with Crippen LogP contribution in [0.1, 0.15) is 55.9 Å². The fourth-order valence-corrected chi connectivity index (χ4v) is 10.5. The summed E-state index contributed by atoms with van der Waals surface area (Å²) < 4.78 is 0. The summed E-state index contributed by atoms with van der Waals surface area (Å²) in [6.45, 7) is 7.18. The molecule has 0 spiro atoms. The summed E-state index contributed by atoms with van der Waals surface area (Å²) in [5.74, 6) is 0. The van der Waals surface area contributed by atoms with Crippen LogP contribution in [0, 0.1) is 0 Å². The Morgan fingerprint density at radius 1 is 0.448 bits per heavy atom. The van der Waals surface area contributed by atoms with E-state index in [0.717, 1.165) is 29.9 Å². The molecular formula is C57H45N. The molecule has 11 rings (SSSR count). The van der Waals surface area contributed by atoms with Gasteiger partial charge in [0.25, 0.3) is 0 Å².